The van der Waals surface area contributed by atoms with Gasteiger partial charge in [0.05, 0.1) is 12.7 Å². The highest BCUT2D eigenvalue weighted by atomic mass is 16.5. The van der Waals surface area contributed by atoms with Gasteiger partial charge in [-0.3, -0.25) is 24.0 Å². The molecule has 1 fully saturated rings. The van der Waals surface area contributed by atoms with Crippen molar-refractivity contribution in [2.75, 3.05) is 45.9 Å². The lowest BCUT2D eigenvalue weighted by molar-refractivity contribution is -0.0459. The average Bonchev–Trinajstić information content (AvgIpc) is 3.02. The molecule has 0 aromatic carbocycles. The second kappa shape index (κ2) is 10.5. The molecule has 158 valence electrons. The SMILES string of the molecule is NCCN(CCN)CCNC(=O)c1cn([C@H]2C[C@H](O)[C@@H](CO)O2)c(=O)[nH]c1=O. The van der Waals surface area contributed by atoms with Gasteiger partial charge in [-0.2, -0.15) is 0 Å². The third kappa shape index (κ3) is 5.47. The minimum Gasteiger partial charge on any atom is -0.394 e. The van der Waals surface area contributed by atoms with Crippen molar-refractivity contribution in [2.45, 2.75) is 24.9 Å². The van der Waals surface area contributed by atoms with Gasteiger partial charge in [-0.15, -0.1) is 0 Å². The Morgan fingerprint density at radius 3 is 2.57 bits per heavy atom. The van der Waals surface area contributed by atoms with Crippen molar-refractivity contribution in [3.8, 4) is 0 Å². The largest absolute Gasteiger partial charge is 0.394 e. The van der Waals surface area contributed by atoms with E-state index in [1.54, 1.807) is 0 Å². The lowest BCUT2D eigenvalue weighted by atomic mass is 10.2. The summed E-state index contributed by atoms with van der Waals surface area (Å²) >= 11 is 0. The highest BCUT2D eigenvalue weighted by Crippen LogP contribution is 2.27. The number of hydrogen-bond acceptors (Lipinski definition) is 9. The van der Waals surface area contributed by atoms with E-state index in [0.717, 1.165) is 10.8 Å². The summed E-state index contributed by atoms with van der Waals surface area (Å²) in [6, 6.07) is 0. The van der Waals surface area contributed by atoms with E-state index < -0.39 is 42.2 Å². The van der Waals surface area contributed by atoms with E-state index in [9.17, 15) is 19.5 Å². The Morgan fingerprint density at radius 2 is 2.00 bits per heavy atom. The molecule has 28 heavy (non-hydrogen) atoms. The van der Waals surface area contributed by atoms with Crippen LogP contribution >= 0.6 is 0 Å². The number of H-pyrrole nitrogens is 1. The van der Waals surface area contributed by atoms with E-state index in [0.29, 0.717) is 32.7 Å². The molecule has 0 unspecified atom stereocenters. The summed E-state index contributed by atoms with van der Waals surface area (Å²) in [4.78, 5) is 40.5. The van der Waals surface area contributed by atoms with Crippen LogP contribution in [0.4, 0.5) is 0 Å². The number of nitrogens with one attached hydrogen (secondary N) is 2. The lowest BCUT2D eigenvalue weighted by Crippen LogP contribution is -2.42. The van der Waals surface area contributed by atoms with Gasteiger partial charge in [0.1, 0.15) is 17.9 Å². The molecule has 2 heterocycles. The lowest BCUT2D eigenvalue weighted by Gasteiger charge is -2.20. The number of rotatable bonds is 10. The molecule has 1 aliphatic rings. The number of nitrogens with two attached hydrogens (primary N) is 2. The van der Waals surface area contributed by atoms with Crippen LogP contribution in [0.3, 0.4) is 0 Å². The number of aliphatic hydroxyl groups excluding tert-OH is 2. The van der Waals surface area contributed by atoms with Crippen LogP contribution in [0.2, 0.25) is 0 Å². The molecule has 12 heteroatoms. The third-order valence-corrected chi connectivity index (χ3v) is 4.51. The molecule has 1 aromatic rings. The maximum absolute atomic E-state index is 12.4. The molecule has 3 atom stereocenters. The number of aromatic amines is 1. The second-order valence-electron chi connectivity index (χ2n) is 6.50. The zero-order valence-electron chi connectivity index (χ0n) is 15.5. The van der Waals surface area contributed by atoms with Gasteiger partial charge >= 0.3 is 5.69 Å². The molecule has 12 nitrogen and oxygen atoms in total. The first-order chi connectivity index (χ1) is 13.4. The van der Waals surface area contributed by atoms with Crippen molar-refractivity contribution < 1.29 is 19.7 Å². The van der Waals surface area contributed by atoms with Crippen LogP contribution in [0, 0.1) is 0 Å². The van der Waals surface area contributed by atoms with Gasteiger partial charge in [-0.05, 0) is 0 Å². The number of amides is 1. The van der Waals surface area contributed by atoms with E-state index in [1.165, 1.54) is 0 Å². The number of nitrogens with zero attached hydrogens (tertiary/aromatic N) is 2. The van der Waals surface area contributed by atoms with Gasteiger partial charge in [0.15, 0.2) is 0 Å². The van der Waals surface area contributed by atoms with Crippen molar-refractivity contribution in [3.05, 3.63) is 32.6 Å². The van der Waals surface area contributed by atoms with Crippen LogP contribution in [0.5, 0.6) is 0 Å². The molecule has 0 spiro atoms. The third-order valence-electron chi connectivity index (χ3n) is 4.51. The molecule has 1 aromatic heterocycles. The van der Waals surface area contributed by atoms with Crippen molar-refractivity contribution in [3.63, 3.8) is 0 Å². The van der Waals surface area contributed by atoms with Crippen LogP contribution in [0.25, 0.3) is 0 Å². The van der Waals surface area contributed by atoms with Crippen molar-refractivity contribution in [1.82, 2.24) is 19.8 Å². The smallest absolute Gasteiger partial charge is 0.330 e. The number of aromatic nitrogens is 2. The van der Waals surface area contributed by atoms with Gasteiger partial charge in [0.2, 0.25) is 0 Å². The topological polar surface area (TPSA) is 189 Å². The van der Waals surface area contributed by atoms with Gasteiger partial charge in [0, 0.05) is 51.9 Å². The molecule has 2 rings (SSSR count). The number of hydrogen-bond donors (Lipinski definition) is 6. The second-order valence-corrected chi connectivity index (χ2v) is 6.50. The summed E-state index contributed by atoms with van der Waals surface area (Å²) in [5.74, 6) is -0.646. The van der Waals surface area contributed by atoms with Crippen molar-refractivity contribution >= 4 is 5.91 Å². The summed E-state index contributed by atoms with van der Waals surface area (Å²) in [5, 5.41) is 21.6. The first kappa shape index (κ1) is 22.2. The monoisotopic (exact) mass is 400 g/mol. The fourth-order valence-electron chi connectivity index (χ4n) is 3.03. The number of aliphatic hydroxyl groups is 2. The normalized spacial score (nSPS) is 22.0. The molecule has 0 saturated carbocycles. The first-order valence-corrected chi connectivity index (χ1v) is 9.11. The van der Waals surface area contributed by atoms with Crippen LogP contribution in [0.1, 0.15) is 23.0 Å². The molecule has 1 saturated heterocycles. The molecule has 1 aliphatic heterocycles. The highest BCUT2D eigenvalue weighted by Gasteiger charge is 2.35. The highest BCUT2D eigenvalue weighted by molar-refractivity contribution is 5.93. The standard InChI is InChI=1S/C16H28N6O6/c17-1-4-21(5-2-18)6-3-19-14(25)10-8-22(16(27)20-15(10)26)13-7-11(24)12(9-23)28-13/h8,11-13,23-24H,1-7,9,17-18H2,(H,19,25)(H,20,26,27)/t11-,12+,13+/m0/s1. The number of carbonyl (C=O) groups is 1. The predicted octanol–water partition coefficient (Wildman–Crippen LogP) is -3.87. The Kier molecular flexibility index (Phi) is 8.29. The predicted molar refractivity (Wildman–Crippen MR) is 99.8 cm³/mol. The van der Waals surface area contributed by atoms with Gasteiger partial charge in [-0.1, -0.05) is 0 Å². The van der Waals surface area contributed by atoms with E-state index in [4.69, 9.17) is 21.3 Å². The summed E-state index contributed by atoms with van der Waals surface area (Å²) in [5.41, 5.74) is 9.21. The molecular weight excluding hydrogens is 372 g/mol. The van der Waals surface area contributed by atoms with Crippen LogP contribution in [0.15, 0.2) is 15.8 Å². The van der Waals surface area contributed by atoms with E-state index in [2.05, 4.69) is 10.3 Å². The fourth-order valence-corrected chi connectivity index (χ4v) is 3.03. The van der Waals surface area contributed by atoms with Crippen LogP contribution in [-0.4, -0.2) is 88.7 Å². The average molecular weight is 400 g/mol. The van der Waals surface area contributed by atoms with E-state index in [-0.39, 0.29) is 18.5 Å². The molecule has 0 radical (unpaired) electrons. The van der Waals surface area contributed by atoms with Crippen molar-refractivity contribution in [1.29, 1.82) is 0 Å². The molecule has 8 N–H and O–H groups in total. The summed E-state index contributed by atoms with van der Waals surface area (Å²) in [6.07, 6.45) is -1.54. The summed E-state index contributed by atoms with van der Waals surface area (Å²) in [6.45, 7) is 2.54. The fraction of sp³-hybridized carbons (Fsp3) is 0.688. The quantitative estimate of drug-likeness (QED) is 0.228. The van der Waals surface area contributed by atoms with Crippen LogP contribution in [-0.2, 0) is 4.74 Å². The van der Waals surface area contributed by atoms with Crippen molar-refractivity contribution in [2.24, 2.45) is 11.5 Å². The molecule has 0 bridgehead atoms. The number of carbonyl (C=O) groups excluding carboxylic acids is 1. The Morgan fingerprint density at radius 1 is 1.32 bits per heavy atom. The first-order valence-electron chi connectivity index (χ1n) is 9.11. The van der Waals surface area contributed by atoms with Gasteiger partial charge < -0.3 is 31.7 Å². The summed E-state index contributed by atoms with van der Waals surface area (Å²) in [7, 11) is 0. The Bertz CT molecular complexity index is 759. The zero-order chi connectivity index (χ0) is 20.7. The Hall–Kier alpha value is -2.09. The minimum absolute atomic E-state index is 0.0470. The summed E-state index contributed by atoms with van der Waals surface area (Å²) < 4.78 is 6.44. The maximum Gasteiger partial charge on any atom is 0.330 e. The van der Waals surface area contributed by atoms with Crippen LogP contribution < -0.4 is 28.0 Å². The van der Waals surface area contributed by atoms with Gasteiger partial charge in [0.25, 0.3) is 11.5 Å². The number of ether oxygens (including phenoxy) is 1. The molecule has 1 amide bonds. The maximum atomic E-state index is 12.4. The Balaban J connectivity index is 2.08. The Labute approximate surface area is 161 Å². The molecular formula is C16H28N6O6. The van der Waals surface area contributed by atoms with E-state index in [1.807, 2.05) is 4.90 Å². The minimum atomic E-state index is -0.956. The van der Waals surface area contributed by atoms with E-state index >= 15 is 0 Å². The van der Waals surface area contributed by atoms with Gasteiger partial charge in [-0.25, -0.2) is 4.79 Å². The zero-order valence-corrected chi connectivity index (χ0v) is 15.5. The molecule has 0 aliphatic carbocycles.